The molecule has 2 rings (SSSR count). The number of hydrogen-bond donors (Lipinski definition) is 3. The van der Waals surface area contributed by atoms with Gasteiger partial charge >= 0.3 is 6.03 Å². The Kier molecular flexibility index (Phi) is 3.87. The largest absolute Gasteiger partial charge is 0.388 e. The maximum Gasteiger partial charge on any atom is 0.315 e. The Balaban J connectivity index is 1.73. The molecular weight excluding hydrogens is 250 g/mol. The van der Waals surface area contributed by atoms with Gasteiger partial charge < -0.3 is 15.7 Å². The van der Waals surface area contributed by atoms with E-state index in [4.69, 9.17) is 0 Å². The van der Waals surface area contributed by atoms with Gasteiger partial charge in [0.1, 0.15) is 0 Å². The number of rotatable bonds is 4. The summed E-state index contributed by atoms with van der Waals surface area (Å²) in [5.41, 5.74) is 0.296. The van der Waals surface area contributed by atoms with Gasteiger partial charge in [0, 0.05) is 11.4 Å². The second-order valence-electron chi connectivity index (χ2n) is 4.86. The molecule has 6 heteroatoms. The molecule has 0 aliphatic heterocycles. The van der Waals surface area contributed by atoms with Gasteiger partial charge in [-0.2, -0.15) is 0 Å². The zero-order valence-corrected chi connectivity index (χ0v) is 11.6. The summed E-state index contributed by atoms with van der Waals surface area (Å²) in [5, 5.41) is 16.3. The molecule has 0 atom stereocenters. The van der Waals surface area contributed by atoms with Gasteiger partial charge in [-0.3, -0.25) is 0 Å². The highest BCUT2D eigenvalue weighted by Gasteiger charge is 2.34. The summed E-state index contributed by atoms with van der Waals surface area (Å²) in [4.78, 5) is 16.9. The molecule has 0 spiro atoms. The van der Waals surface area contributed by atoms with Crippen LogP contribution in [0.15, 0.2) is 0 Å². The Bertz CT molecular complexity index is 441. The summed E-state index contributed by atoms with van der Waals surface area (Å²) in [6, 6.07) is -0.235. The van der Waals surface area contributed by atoms with Crippen molar-refractivity contribution in [2.45, 2.75) is 45.3 Å². The molecule has 0 saturated heterocycles. The Morgan fingerprint density at radius 3 is 2.67 bits per heavy atom. The van der Waals surface area contributed by atoms with Crippen molar-refractivity contribution >= 4 is 17.4 Å². The number of carbonyl (C=O) groups is 1. The summed E-state index contributed by atoms with van der Waals surface area (Å²) in [5.74, 6) is 0. The molecule has 5 nitrogen and oxygen atoms in total. The molecule has 3 N–H and O–H groups in total. The Labute approximate surface area is 111 Å². The van der Waals surface area contributed by atoms with E-state index in [1.165, 1.54) is 0 Å². The molecule has 0 unspecified atom stereocenters. The van der Waals surface area contributed by atoms with Crippen molar-refractivity contribution in [1.82, 2.24) is 15.6 Å². The van der Waals surface area contributed by atoms with Crippen LogP contribution in [0.1, 0.15) is 34.8 Å². The van der Waals surface area contributed by atoms with Crippen LogP contribution in [0.25, 0.3) is 0 Å². The number of urea groups is 1. The number of aliphatic hydroxyl groups is 1. The van der Waals surface area contributed by atoms with Gasteiger partial charge in [-0.15, -0.1) is 11.3 Å². The number of amides is 2. The number of nitrogens with one attached hydrogen (secondary N) is 2. The minimum atomic E-state index is -0.672. The fourth-order valence-electron chi connectivity index (χ4n) is 1.97. The zero-order chi connectivity index (χ0) is 13.2. The van der Waals surface area contributed by atoms with Crippen LogP contribution in [0.2, 0.25) is 0 Å². The van der Waals surface area contributed by atoms with Crippen LogP contribution in [0.3, 0.4) is 0 Å². The van der Waals surface area contributed by atoms with E-state index in [0.29, 0.717) is 13.1 Å². The van der Waals surface area contributed by atoms with Crippen LogP contribution in [0.5, 0.6) is 0 Å². The van der Waals surface area contributed by atoms with Crippen molar-refractivity contribution in [3.63, 3.8) is 0 Å². The lowest BCUT2D eigenvalue weighted by molar-refractivity contribution is -0.0290. The average molecular weight is 269 g/mol. The predicted molar refractivity (Wildman–Crippen MR) is 70.6 cm³/mol. The van der Waals surface area contributed by atoms with Crippen LogP contribution in [-0.2, 0) is 6.54 Å². The summed E-state index contributed by atoms with van der Waals surface area (Å²) in [7, 11) is 0. The van der Waals surface area contributed by atoms with Gasteiger partial charge in [-0.25, -0.2) is 9.78 Å². The molecule has 18 heavy (non-hydrogen) atoms. The molecule has 2 amide bonds. The highest BCUT2D eigenvalue weighted by molar-refractivity contribution is 7.11. The third kappa shape index (κ3) is 3.20. The quantitative estimate of drug-likeness (QED) is 0.775. The van der Waals surface area contributed by atoms with Crippen molar-refractivity contribution in [3.05, 3.63) is 15.6 Å². The maximum absolute atomic E-state index is 11.6. The number of thiazole rings is 1. The van der Waals surface area contributed by atoms with Crippen molar-refractivity contribution in [2.24, 2.45) is 0 Å². The fourth-order valence-corrected chi connectivity index (χ4v) is 2.84. The molecule has 1 heterocycles. The van der Waals surface area contributed by atoms with Gasteiger partial charge in [-0.05, 0) is 33.1 Å². The predicted octanol–water partition coefficient (Wildman–Crippen LogP) is 1.47. The van der Waals surface area contributed by atoms with E-state index < -0.39 is 5.60 Å². The molecule has 0 aromatic carbocycles. The number of aromatic nitrogens is 1. The molecule has 0 bridgehead atoms. The normalized spacial score (nSPS) is 17.1. The highest BCUT2D eigenvalue weighted by Crippen LogP contribution is 2.30. The number of hydrogen-bond acceptors (Lipinski definition) is 4. The standard InChI is InChI=1S/C12H19N3O2S/c1-8-10(18-9(2)15-8)6-13-11(16)14-7-12(17)4-3-5-12/h17H,3-7H2,1-2H3,(H2,13,14,16). The SMILES string of the molecule is Cc1nc(C)c(CNC(=O)NCC2(O)CCC2)s1. The molecule has 1 fully saturated rings. The molecule has 1 aliphatic rings. The maximum atomic E-state index is 11.6. The molecule has 1 aromatic heterocycles. The minimum absolute atomic E-state index is 0.235. The Morgan fingerprint density at radius 2 is 2.17 bits per heavy atom. The summed E-state index contributed by atoms with van der Waals surface area (Å²) >= 11 is 1.59. The van der Waals surface area contributed by atoms with Gasteiger partial charge in [0.15, 0.2) is 0 Å². The second kappa shape index (κ2) is 5.24. The van der Waals surface area contributed by atoms with E-state index in [1.54, 1.807) is 11.3 Å². The lowest BCUT2D eigenvalue weighted by Gasteiger charge is -2.36. The number of nitrogens with zero attached hydrogens (tertiary/aromatic N) is 1. The Morgan fingerprint density at radius 1 is 1.44 bits per heavy atom. The first-order chi connectivity index (χ1) is 8.48. The minimum Gasteiger partial charge on any atom is -0.388 e. The van der Waals surface area contributed by atoms with Gasteiger partial charge in [0.25, 0.3) is 0 Å². The first kappa shape index (κ1) is 13.3. The van der Waals surface area contributed by atoms with Crippen LogP contribution >= 0.6 is 11.3 Å². The van der Waals surface area contributed by atoms with Crippen molar-refractivity contribution in [1.29, 1.82) is 0 Å². The van der Waals surface area contributed by atoms with Crippen LogP contribution in [0, 0.1) is 13.8 Å². The zero-order valence-electron chi connectivity index (χ0n) is 10.7. The molecule has 1 saturated carbocycles. The smallest absolute Gasteiger partial charge is 0.315 e. The molecule has 1 aromatic rings. The summed E-state index contributed by atoms with van der Waals surface area (Å²) in [6.07, 6.45) is 2.60. The van der Waals surface area contributed by atoms with Crippen LogP contribution < -0.4 is 10.6 Å². The molecule has 0 radical (unpaired) electrons. The summed E-state index contributed by atoms with van der Waals surface area (Å²) in [6.45, 7) is 4.71. The van der Waals surface area contributed by atoms with E-state index in [9.17, 15) is 9.90 Å². The van der Waals surface area contributed by atoms with Crippen molar-refractivity contribution < 1.29 is 9.90 Å². The number of carbonyl (C=O) groups excluding carboxylic acids is 1. The topological polar surface area (TPSA) is 74.2 Å². The van der Waals surface area contributed by atoms with Gasteiger partial charge in [0.2, 0.25) is 0 Å². The van der Waals surface area contributed by atoms with E-state index in [0.717, 1.165) is 34.8 Å². The van der Waals surface area contributed by atoms with Gasteiger partial charge in [-0.1, -0.05) is 0 Å². The van der Waals surface area contributed by atoms with E-state index in [1.807, 2.05) is 13.8 Å². The van der Waals surface area contributed by atoms with Crippen molar-refractivity contribution in [2.75, 3.05) is 6.54 Å². The van der Waals surface area contributed by atoms with Crippen LogP contribution in [-0.4, -0.2) is 28.3 Å². The van der Waals surface area contributed by atoms with Crippen LogP contribution in [0.4, 0.5) is 4.79 Å². The number of aryl methyl sites for hydroxylation is 2. The molecule has 1 aliphatic carbocycles. The van der Waals surface area contributed by atoms with Crippen molar-refractivity contribution in [3.8, 4) is 0 Å². The molecular formula is C12H19N3O2S. The third-order valence-electron chi connectivity index (χ3n) is 3.27. The van der Waals surface area contributed by atoms with E-state index in [-0.39, 0.29) is 6.03 Å². The van der Waals surface area contributed by atoms with E-state index >= 15 is 0 Å². The first-order valence-electron chi connectivity index (χ1n) is 6.15. The average Bonchev–Trinajstić information content (AvgIpc) is 2.60. The van der Waals surface area contributed by atoms with Gasteiger partial charge in [0.05, 0.1) is 22.8 Å². The fraction of sp³-hybridized carbons (Fsp3) is 0.667. The highest BCUT2D eigenvalue weighted by atomic mass is 32.1. The second-order valence-corrected chi connectivity index (χ2v) is 6.14. The summed E-state index contributed by atoms with van der Waals surface area (Å²) < 4.78 is 0. The van der Waals surface area contributed by atoms with E-state index in [2.05, 4.69) is 15.6 Å². The lowest BCUT2D eigenvalue weighted by Crippen LogP contribution is -2.49. The molecule has 100 valence electrons. The monoisotopic (exact) mass is 269 g/mol. The third-order valence-corrected chi connectivity index (χ3v) is 4.34. The lowest BCUT2D eigenvalue weighted by atomic mass is 9.80. The Hall–Kier alpha value is -1.14. The first-order valence-corrected chi connectivity index (χ1v) is 6.97.